The summed E-state index contributed by atoms with van der Waals surface area (Å²) in [5.74, 6) is 0.122. The van der Waals surface area contributed by atoms with Gasteiger partial charge in [-0.15, -0.1) is 0 Å². The van der Waals surface area contributed by atoms with Gasteiger partial charge >= 0.3 is 5.69 Å². The van der Waals surface area contributed by atoms with Crippen molar-refractivity contribution in [1.82, 2.24) is 9.55 Å². The van der Waals surface area contributed by atoms with Crippen LogP contribution in [0.4, 0.5) is 11.5 Å². The van der Waals surface area contributed by atoms with Crippen LogP contribution in [0.25, 0.3) is 0 Å². The number of aromatic amines is 1. The molecule has 0 spiro atoms. The highest BCUT2D eigenvalue weighted by molar-refractivity contribution is 5.60. The molecule has 0 saturated heterocycles. The van der Waals surface area contributed by atoms with Gasteiger partial charge in [-0.1, -0.05) is 6.92 Å². The summed E-state index contributed by atoms with van der Waals surface area (Å²) in [5, 5.41) is 12.3. The second-order valence-corrected chi connectivity index (χ2v) is 4.04. The van der Waals surface area contributed by atoms with E-state index >= 15 is 0 Å². The highest BCUT2D eigenvalue weighted by Crippen LogP contribution is 2.10. The second kappa shape index (κ2) is 6.25. The van der Waals surface area contributed by atoms with Gasteiger partial charge in [0.05, 0.1) is 6.10 Å². The van der Waals surface area contributed by atoms with Gasteiger partial charge in [-0.3, -0.25) is 14.3 Å². The lowest BCUT2D eigenvalue weighted by Crippen LogP contribution is -2.34. The third-order valence-electron chi connectivity index (χ3n) is 2.81. The Hall–Kier alpha value is -1.76. The first-order valence-corrected chi connectivity index (χ1v) is 6.05. The van der Waals surface area contributed by atoms with E-state index in [1.807, 2.05) is 6.92 Å². The SMILES string of the molecule is CCC(O)CCNc1c(N)n(CC)c(=O)[nH]c1=O. The van der Waals surface area contributed by atoms with Crippen LogP contribution >= 0.6 is 0 Å². The van der Waals surface area contributed by atoms with E-state index in [1.165, 1.54) is 4.57 Å². The Morgan fingerprint density at radius 2 is 2.11 bits per heavy atom. The number of nitrogens with two attached hydrogens (primary N) is 1. The number of anilines is 2. The summed E-state index contributed by atoms with van der Waals surface area (Å²) in [6.07, 6.45) is 0.762. The zero-order chi connectivity index (χ0) is 13.7. The standard InChI is InChI=1S/C11H20N4O3/c1-3-7(16)5-6-13-8-9(12)15(4-2)11(18)14-10(8)17/h7,13,16H,3-6,12H2,1-2H3,(H,14,17,18). The Morgan fingerprint density at radius 3 is 2.67 bits per heavy atom. The quantitative estimate of drug-likeness (QED) is 0.558. The van der Waals surface area contributed by atoms with Gasteiger partial charge in [0.2, 0.25) is 0 Å². The molecule has 0 amide bonds. The molecule has 0 aromatic carbocycles. The molecule has 0 bridgehead atoms. The maximum Gasteiger partial charge on any atom is 0.330 e. The lowest BCUT2D eigenvalue weighted by molar-refractivity contribution is 0.164. The Bertz CT molecular complexity index is 506. The fourth-order valence-electron chi connectivity index (χ4n) is 1.64. The summed E-state index contributed by atoms with van der Waals surface area (Å²) < 4.78 is 1.28. The summed E-state index contributed by atoms with van der Waals surface area (Å²) in [4.78, 5) is 25.2. The first-order chi connectivity index (χ1) is 8.51. The van der Waals surface area contributed by atoms with E-state index in [9.17, 15) is 14.7 Å². The molecule has 0 saturated carbocycles. The van der Waals surface area contributed by atoms with Crippen molar-refractivity contribution in [2.24, 2.45) is 0 Å². The number of rotatable bonds is 6. The Kier molecular flexibility index (Phi) is 4.96. The number of nitrogens with zero attached hydrogens (tertiary/aromatic N) is 1. The number of hydrogen-bond acceptors (Lipinski definition) is 5. The molecule has 7 heteroatoms. The minimum absolute atomic E-state index is 0.122. The predicted octanol–water partition coefficient (Wildman–Crippen LogP) is -0.288. The largest absolute Gasteiger partial charge is 0.393 e. The van der Waals surface area contributed by atoms with Crippen molar-refractivity contribution in [2.75, 3.05) is 17.6 Å². The van der Waals surface area contributed by atoms with Crippen LogP contribution in [0.15, 0.2) is 9.59 Å². The van der Waals surface area contributed by atoms with E-state index in [-0.39, 0.29) is 11.5 Å². The Balaban J connectivity index is 2.89. The lowest BCUT2D eigenvalue weighted by Gasteiger charge is -2.13. The van der Waals surface area contributed by atoms with Gasteiger partial charge in [0.1, 0.15) is 11.5 Å². The lowest BCUT2D eigenvalue weighted by atomic mass is 10.2. The van der Waals surface area contributed by atoms with Gasteiger partial charge in [-0.05, 0) is 19.8 Å². The van der Waals surface area contributed by atoms with Crippen LogP contribution in [0.1, 0.15) is 26.7 Å². The van der Waals surface area contributed by atoms with Gasteiger partial charge < -0.3 is 16.2 Å². The van der Waals surface area contributed by atoms with E-state index in [1.54, 1.807) is 6.92 Å². The van der Waals surface area contributed by atoms with Crippen molar-refractivity contribution in [3.63, 3.8) is 0 Å². The molecule has 1 atom stereocenters. The van der Waals surface area contributed by atoms with Gasteiger partial charge in [0.25, 0.3) is 5.56 Å². The molecule has 0 aliphatic carbocycles. The zero-order valence-corrected chi connectivity index (χ0v) is 10.7. The predicted molar refractivity (Wildman–Crippen MR) is 70.8 cm³/mol. The van der Waals surface area contributed by atoms with Gasteiger partial charge in [-0.25, -0.2) is 4.79 Å². The fraction of sp³-hybridized carbons (Fsp3) is 0.636. The Labute approximate surface area is 105 Å². The summed E-state index contributed by atoms with van der Waals surface area (Å²) in [6, 6.07) is 0. The third kappa shape index (κ3) is 3.13. The van der Waals surface area contributed by atoms with E-state index in [2.05, 4.69) is 10.3 Å². The fourth-order valence-corrected chi connectivity index (χ4v) is 1.64. The summed E-state index contributed by atoms with van der Waals surface area (Å²) in [6.45, 7) is 4.45. The number of H-pyrrole nitrogens is 1. The van der Waals surface area contributed by atoms with E-state index in [0.717, 1.165) is 0 Å². The maximum atomic E-state index is 11.6. The number of nitrogen functional groups attached to an aromatic ring is 1. The zero-order valence-electron chi connectivity index (χ0n) is 10.7. The van der Waals surface area contributed by atoms with Crippen molar-refractivity contribution in [2.45, 2.75) is 39.3 Å². The van der Waals surface area contributed by atoms with Crippen LogP contribution in [-0.4, -0.2) is 27.3 Å². The van der Waals surface area contributed by atoms with Crippen molar-refractivity contribution < 1.29 is 5.11 Å². The normalized spacial score (nSPS) is 12.4. The number of aromatic nitrogens is 2. The molecular weight excluding hydrogens is 236 g/mol. The number of aliphatic hydroxyl groups excluding tert-OH is 1. The van der Waals surface area contributed by atoms with E-state index < -0.39 is 17.4 Å². The van der Waals surface area contributed by atoms with Crippen LogP contribution in [0.2, 0.25) is 0 Å². The van der Waals surface area contributed by atoms with Crippen molar-refractivity contribution >= 4 is 11.5 Å². The first-order valence-electron chi connectivity index (χ1n) is 6.05. The molecule has 0 aliphatic rings. The smallest absolute Gasteiger partial charge is 0.330 e. The van der Waals surface area contributed by atoms with Crippen LogP contribution < -0.4 is 22.3 Å². The van der Waals surface area contributed by atoms with Crippen LogP contribution in [0.3, 0.4) is 0 Å². The molecule has 0 fully saturated rings. The van der Waals surface area contributed by atoms with Crippen molar-refractivity contribution in [3.05, 3.63) is 20.8 Å². The minimum atomic E-state index is -0.534. The molecule has 102 valence electrons. The van der Waals surface area contributed by atoms with Crippen molar-refractivity contribution in [1.29, 1.82) is 0 Å². The molecular formula is C11H20N4O3. The molecule has 18 heavy (non-hydrogen) atoms. The molecule has 1 heterocycles. The molecule has 1 aromatic rings. The first kappa shape index (κ1) is 14.3. The summed E-state index contributed by atoms with van der Waals surface area (Å²) >= 11 is 0. The minimum Gasteiger partial charge on any atom is -0.393 e. The highest BCUT2D eigenvalue weighted by Gasteiger charge is 2.11. The highest BCUT2D eigenvalue weighted by atomic mass is 16.3. The summed E-state index contributed by atoms with van der Waals surface area (Å²) in [5.41, 5.74) is 4.89. The molecule has 1 aromatic heterocycles. The van der Waals surface area contributed by atoms with Gasteiger partial charge in [-0.2, -0.15) is 0 Å². The number of aliphatic hydroxyl groups is 1. The van der Waals surface area contributed by atoms with Crippen molar-refractivity contribution in [3.8, 4) is 0 Å². The summed E-state index contributed by atoms with van der Waals surface area (Å²) in [7, 11) is 0. The van der Waals surface area contributed by atoms with E-state index in [0.29, 0.717) is 25.9 Å². The van der Waals surface area contributed by atoms with Gasteiger partial charge in [0, 0.05) is 13.1 Å². The van der Waals surface area contributed by atoms with Crippen LogP contribution in [0, 0.1) is 0 Å². The molecule has 1 rings (SSSR count). The Morgan fingerprint density at radius 1 is 1.44 bits per heavy atom. The topological polar surface area (TPSA) is 113 Å². The number of nitrogens with one attached hydrogen (secondary N) is 2. The molecule has 0 aliphatic heterocycles. The van der Waals surface area contributed by atoms with Gasteiger partial charge in [0.15, 0.2) is 0 Å². The third-order valence-corrected chi connectivity index (χ3v) is 2.81. The number of hydrogen-bond donors (Lipinski definition) is 4. The maximum absolute atomic E-state index is 11.6. The second-order valence-electron chi connectivity index (χ2n) is 4.04. The molecule has 7 nitrogen and oxygen atoms in total. The van der Waals surface area contributed by atoms with Crippen LogP contribution in [-0.2, 0) is 6.54 Å². The molecule has 1 unspecified atom stereocenters. The monoisotopic (exact) mass is 256 g/mol. The molecule has 5 N–H and O–H groups in total. The van der Waals surface area contributed by atoms with E-state index in [4.69, 9.17) is 5.73 Å². The average molecular weight is 256 g/mol. The van der Waals surface area contributed by atoms with Crippen LogP contribution in [0.5, 0.6) is 0 Å². The average Bonchev–Trinajstić information content (AvgIpc) is 2.33. The molecule has 0 radical (unpaired) electrons.